The van der Waals surface area contributed by atoms with Crippen molar-refractivity contribution >= 4 is 23.5 Å². The van der Waals surface area contributed by atoms with Gasteiger partial charge in [0.25, 0.3) is 5.82 Å². The predicted octanol–water partition coefficient (Wildman–Crippen LogP) is 2.80. The number of hydrogen-bond acceptors (Lipinski definition) is 6. The highest BCUT2D eigenvalue weighted by molar-refractivity contribution is 7.99. The van der Waals surface area contributed by atoms with Gasteiger partial charge in [0.15, 0.2) is 0 Å². The number of aromatic nitrogens is 5. The maximum atomic E-state index is 12.7. The largest absolute Gasteiger partial charge is 0.453 e. The zero-order chi connectivity index (χ0) is 20.6. The quantitative estimate of drug-likeness (QED) is 0.467. The second-order valence-corrected chi connectivity index (χ2v) is 7.43. The van der Waals surface area contributed by atoms with Gasteiger partial charge in [0.2, 0.25) is 11.1 Å². The van der Waals surface area contributed by atoms with Crippen LogP contribution in [-0.2, 0) is 11.0 Å². The van der Waals surface area contributed by atoms with Gasteiger partial charge in [-0.25, -0.2) is 9.36 Å². The van der Waals surface area contributed by atoms with Crippen molar-refractivity contribution in [1.29, 1.82) is 0 Å². The first-order chi connectivity index (χ1) is 13.8. The number of nitrogen functional groups attached to an aromatic ring is 1. The summed E-state index contributed by atoms with van der Waals surface area (Å²) in [4.78, 5) is 12.4. The number of anilines is 1. The smallest absolute Gasteiger partial charge is 0.335 e. The van der Waals surface area contributed by atoms with E-state index in [9.17, 15) is 18.0 Å². The number of nitrogens with two attached hydrogens (primary N) is 1. The number of amides is 1. The second-order valence-electron chi connectivity index (χ2n) is 6.49. The fourth-order valence-electron chi connectivity index (χ4n) is 2.71. The number of nitrogens with one attached hydrogen (secondary N) is 1. The molecular formula is C17H16F3N7OS. The SMILES string of the molecule is Nn1c(SCC(=O)Nc2cc(C3CC3)nn2-c2ccccc2)nnc1C(F)(F)F. The van der Waals surface area contributed by atoms with E-state index in [1.165, 1.54) is 0 Å². The summed E-state index contributed by atoms with van der Waals surface area (Å²) < 4.78 is 40.1. The van der Waals surface area contributed by atoms with Crippen molar-refractivity contribution in [1.82, 2.24) is 24.7 Å². The van der Waals surface area contributed by atoms with Crippen LogP contribution in [0.1, 0.15) is 30.3 Å². The van der Waals surface area contributed by atoms with Crippen LogP contribution in [0, 0.1) is 0 Å². The lowest BCUT2D eigenvalue weighted by Crippen LogP contribution is -2.22. The summed E-state index contributed by atoms with van der Waals surface area (Å²) in [6.45, 7) is 0. The molecule has 0 aliphatic heterocycles. The average Bonchev–Trinajstić information content (AvgIpc) is 3.34. The molecule has 0 spiro atoms. The normalized spacial score (nSPS) is 14.2. The first kappa shape index (κ1) is 19.3. The zero-order valence-electron chi connectivity index (χ0n) is 14.9. The molecule has 8 nitrogen and oxygen atoms in total. The Hall–Kier alpha value is -3.02. The predicted molar refractivity (Wildman–Crippen MR) is 100 cm³/mol. The molecule has 1 aliphatic rings. The fourth-order valence-corrected chi connectivity index (χ4v) is 3.37. The summed E-state index contributed by atoms with van der Waals surface area (Å²) in [5, 5.41) is 13.6. The first-order valence-corrected chi connectivity index (χ1v) is 9.67. The van der Waals surface area contributed by atoms with Gasteiger partial charge in [0, 0.05) is 12.0 Å². The highest BCUT2D eigenvalue weighted by atomic mass is 32.2. The summed E-state index contributed by atoms with van der Waals surface area (Å²) in [6.07, 6.45) is -2.60. The molecule has 3 aromatic rings. The van der Waals surface area contributed by atoms with Crippen LogP contribution in [0.4, 0.5) is 19.0 Å². The van der Waals surface area contributed by atoms with E-state index in [2.05, 4.69) is 20.6 Å². The Kier molecular flexibility index (Phi) is 4.94. The molecule has 12 heteroatoms. The van der Waals surface area contributed by atoms with E-state index in [-0.39, 0.29) is 10.9 Å². The van der Waals surface area contributed by atoms with Gasteiger partial charge in [-0.1, -0.05) is 30.0 Å². The third-order valence-corrected chi connectivity index (χ3v) is 5.19. The Morgan fingerprint density at radius 2 is 1.97 bits per heavy atom. The third-order valence-electron chi connectivity index (χ3n) is 4.24. The molecule has 0 unspecified atom stereocenters. The van der Waals surface area contributed by atoms with Gasteiger partial charge in [0.1, 0.15) is 5.82 Å². The van der Waals surface area contributed by atoms with Crippen molar-refractivity contribution in [2.24, 2.45) is 0 Å². The Labute approximate surface area is 167 Å². The molecular weight excluding hydrogens is 407 g/mol. The van der Waals surface area contributed by atoms with E-state index >= 15 is 0 Å². The maximum absolute atomic E-state index is 12.7. The van der Waals surface area contributed by atoms with Crippen molar-refractivity contribution in [2.75, 3.05) is 16.9 Å². The molecule has 3 N–H and O–H groups in total. The van der Waals surface area contributed by atoms with Crippen LogP contribution >= 0.6 is 11.8 Å². The van der Waals surface area contributed by atoms with E-state index in [1.807, 2.05) is 36.4 Å². The maximum Gasteiger partial charge on any atom is 0.453 e. The van der Waals surface area contributed by atoms with Gasteiger partial charge < -0.3 is 11.2 Å². The molecule has 0 radical (unpaired) electrons. The van der Waals surface area contributed by atoms with Gasteiger partial charge >= 0.3 is 6.18 Å². The topological polar surface area (TPSA) is 104 Å². The highest BCUT2D eigenvalue weighted by Crippen LogP contribution is 2.40. The highest BCUT2D eigenvalue weighted by Gasteiger charge is 2.38. The van der Waals surface area contributed by atoms with Crippen molar-refractivity contribution in [3.05, 3.63) is 47.9 Å². The number of nitrogens with zero attached hydrogens (tertiary/aromatic N) is 5. The summed E-state index contributed by atoms with van der Waals surface area (Å²) in [5.74, 6) is 4.33. The molecule has 1 aromatic carbocycles. The molecule has 152 valence electrons. The Bertz CT molecular complexity index is 1030. The summed E-state index contributed by atoms with van der Waals surface area (Å²) in [5.41, 5.74) is 1.69. The number of para-hydroxylation sites is 1. The summed E-state index contributed by atoms with van der Waals surface area (Å²) in [6, 6.07) is 11.2. The average molecular weight is 423 g/mol. The molecule has 0 saturated heterocycles. The Morgan fingerprint density at radius 1 is 1.24 bits per heavy atom. The van der Waals surface area contributed by atoms with Gasteiger partial charge in [-0.3, -0.25) is 4.79 Å². The molecule has 1 fully saturated rings. The molecule has 1 amide bonds. The zero-order valence-corrected chi connectivity index (χ0v) is 15.7. The van der Waals surface area contributed by atoms with Crippen LogP contribution < -0.4 is 11.2 Å². The second kappa shape index (κ2) is 7.43. The molecule has 2 heterocycles. The van der Waals surface area contributed by atoms with Crippen molar-refractivity contribution < 1.29 is 18.0 Å². The molecule has 4 rings (SSSR count). The van der Waals surface area contributed by atoms with E-state index in [1.54, 1.807) is 4.68 Å². The minimum Gasteiger partial charge on any atom is -0.335 e. The van der Waals surface area contributed by atoms with Gasteiger partial charge in [-0.15, -0.1) is 10.2 Å². The van der Waals surface area contributed by atoms with Crippen LogP contribution in [-0.4, -0.2) is 36.3 Å². The standard InChI is InChI=1S/C17H16F3N7OS/c18-17(19,20)15-23-24-16(26(15)21)29-9-14(28)22-13-8-12(10-6-7-10)25-27(13)11-4-2-1-3-5-11/h1-5,8,10H,6-7,9,21H2,(H,22,28). The van der Waals surface area contributed by atoms with Crippen LogP contribution in [0.3, 0.4) is 0 Å². The summed E-state index contributed by atoms with van der Waals surface area (Å²) in [7, 11) is 0. The molecule has 0 bridgehead atoms. The monoisotopic (exact) mass is 423 g/mol. The number of halogens is 3. The van der Waals surface area contributed by atoms with Gasteiger partial charge in [0.05, 0.1) is 17.1 Å². The van der Waals surface area contributed by atoms with Crippen LogP contribution in [0.25, 0.3) is 5.69 Å². The molecule has 2 aromatic heterocycles. The number of thioether (sulfide) groups is 1. The Morgan fingerprint density at radius 3 is 2.59 bits per heavy atom. The van der Waals surface area contributed by atoms with Crippen molar-refractivity contribution in [3.8, 4) is 5.69 Å². The fraction of sp³-hybridized carbons (Fsp3) is 0.294. The van der Waals surface area contributed by atoms with Crippen molar-refractivity contribution in [2.45, 2.75) is 30.1 Å². The third kappa shape index (κ3) is 4.21. The number of rotatable bonds is 6. The van der Waals surface area contributed by atoms with Crippen LogP contribution in [0.2, 0.25) is 0 Å². The number of carbonyl (C=O) groups is 1. The number of hydrogen-bond donors (Lipinski definition) is 2. The van der Waals surface area contributed by atoms with Crippen LogP contribution in [0.5, 0.6) is 0 Å². The van der Waals surface area contributed by atoms with E-state index in [4.69, 9.17) is 5.84 Å². The lowest BCUT2D eigenvalue weighted by atomic mass is 10.3. The minimum atomic E-state index is -4.72. The molecule has 1 aliphatic carbocycles. The Balaban J connectivity index is 1.47. The van der Waals surface area contributed by atoms with Gasteiger partial charge in [-0.2, -0.15) is 18.3 Å². The summed E-state index contributed by atoms with van der Waals surface area (Å²) >= 11 is 0.761. The van der Waals surface area contributed by atoms with Crippen LogP contribution in [0.15, 0.2) is 41.6 Å². The minimum absolute atomic E-state index is 0.189. The van der Waals surface area contributed by atoms with E-state index in [0.717, 1.165) is 36.0 Å². The number of alkyl halides is 3. The van der Waals surface area contributed by atoms with Gasteiger partial charge in [-0.05, 0) is 25.0 Å². The van der Waals surface area contributed by atoms with Crippen molar-refractivity contribution in [3.63, 3.8) is 0 Å². The lowest BCUT2D eigenvalue weighted by molar-refractivity contribution is -0.146. The molecule has 29 heavy (non-hydrogen) atoms. The van der Waals surface area contributed by atoms with E-state index < -0.39 is 17.9 Å². The number of benzene rings is 1. The van der Waals surface area contributed by atoms with E-state index in [0.29, 0.717) is 16.4 Å². The first-order valence-electron chi connectivity index (χ1n) is 8.68. The number of carbonyl (C=O) groups excluding carboxylic acids is 1. The molecule has 1 saturated carbocycles. The molecule has 0 atom stereocenters. The lowest BCUT2D eigenvalue weighted by Gasteiger charge is -2.09.